The van der Waals surface area contributed by atoms with Gasteiger partial charge in [0.15, 0.2) is 5.03 Å². The standard InChI is InChI=1S/C12H17ClN2O2S/c1-12(2)6-3-7-15(12)18(16,17)11-5-4-10(8-13)9-14-11/h4-5,9H,3,6-8H2,1-2H3. The van der Waals surface area contributed by atoms with E-state index in [4.69, 9.17) is 11.6 Å². The lowest BCUT2D eigenvalue weighted by Crippen LogP contribution is -2.42. The molecule has 0 saturated carbocycles. The molecule has 2 rings (SSSR count). The second kappa shape index (κ2) is 4.79. The molecule has 1 fully saturated rings. The predicted octanol–water partition coefficient (Wildman–Crippen LogP) is 2.38. The third-order valence-corrected chi connectivity index (χ3v) is 5.67. The van der Waals surface area contributed by atoms with Gasteiger partial charge in [-0.1, -0.05) is 6.07 Å². The number of aromatic nitrogens is 1. The summed E-state index contributed by atoms with van der Waals surface area (Å²) in [5, 5.41) is 0.103. The second-order valence-corrected chi connectivity index (χ2v) is 7.21. The highest BCUT2D eigenvalue weighted by Gasteiger charge is 2.41. The molecule has 4 nitrogen and oxygen atoms in total. The first-order chi connectivity index (χ1) is 8.38. The number of nitrogens with zero attached hydrogens (tertiary/aromatic N) is 2. The minimum atomic E-state index is -3.49. The molecule has 0 aliphatic carbocycles. The van der Waals surface area contributed by atoms with E-state index in [9.17, 15) is 8.42 Å². The van der Waals surface area contributed by atoms with E-state index in [1.165, 1.54) is 12.3 Å². The van der Waals surface area contributed by atoms with Crippen LogP contribution in [0.1, 0.15) is 32.3 Å². The van der Waals surface area contributed by atoms with Gasteiger partial charge in [-0.3, -0.25) is 0 Å². The Morgan fingerprint density at radius 2 is 2.17 bits per heavy atom. The van der Waals surface area contributed by atoms with Crippen LogP contribution in [0.2, 0.25) is 0 Å². The van der Waals surface area contributed by atoms with Gasteiger partial charge in [0.25, 0.3) is 10.0 Å². The van der Waals surface area contributed by atoms with E-state index in [1.54, 1.807) is 10.4 Å². The van der Waals surface area contributed by atoms with Crippen LogP contribution in [-0.2, 0) is 15.9 Å². The molecule has 0 N–H and O–H groups in total. The summed E-state index contributed by atoms with van der Waals surface area (Å²) in [4.78, 5) is 4.02. The molecule has 1 aliphatic heterocycles. The molecule has 0 atom stereocenters. The van der Waals surface area contributed by atoms with Crippen molar-refractivity contribution in [3.05, 3.63) is 23.9 Å². The zero-order valence-electron chi connectivity index (χ0n) is 10.6. The summed E-state index contributed by atoms with van der Waals surface area (Å²) in [5.74, 6) is 0.336. The van der Waals surface area contributed by atoms with Gasteiger partial charge in [0.05, 0.1) is 0 Å². The normalized spacial score (nSPS) is 20.2. The lowest BCUT2D eigenvalue weighted by molar-refractivity contribution is 0.291. The van der Waals surface area contributed by atoms with Crippen molar-refractivity contribution in [2.24, 2.45) is 0 Å². The Bertz CT molecular complexity index is 526. The zero-order chi connectivity index (χ0) is 13.4. The van der Waals surface area contributed by atoms with Gasteiger partial charge in [-0.25, -0.2) is 13.4 Å². The van der Waals surface area contributed by atoms with Gasteiger partial charge in [-0.15, -0.1) is 11.6 Å². The van der Waals surface area contributed by atoms with Crippen LogP contribution in [0.5, 0.6) is 0 Å². The van der Waals surface area contributed by atoms with Crippen molar-refractivity contribution in [3.8, 4) is 0 Å². The second-order valence-electron chi connectivity index (χ2n) is 5.13. The third kappa shape index (κ3) is 2.39. The monoisotopic (exact) mass is 288 g/mol. The van der Waals surface area contributed by atoms with Crippen molar-refractivity contribution in [1.29, 1.82) is 0 Å². The number of sulfonamides is 1. The molecule has 18 heavy (non-hydrogen) atoms. The van der Waals surface area contributed by atoms with Gasteiger partial charge in [0.2, 0.25) is 0 Å². The number of hydrogen-bond donors (Lipinski definition) is 0. The van der Waals surface area contributed by atoms with Crippen LogP contribution in [-0.4, -0.2) is 29.8 Å². The maximum absolute atomic E-state index is 12.5. The minimum Gasteiger partial charge on any atom is -0.243 e. The molecule has 2 heterocycles. The number of alkyl halides is 1. The van der Waals surface area contributed by atoms with E-state index in [-0.39, 0.29) is 10.6 Å². The summed E-state index contributed by atoms with van der Waals surface area (Å²) < 4.78 is 26.5. The summed E-state index contributed by atoms with van der Waals surface area (Å²) in [7, 11) is -3.49. The lowest BCUT2D eigenvalue weighted by Gasteiger charge is -2.30. The highest BCUT2D eigenvalue weighted by molar-refractivity contribution is 7.89. The van der Waals surface area contributed by atoms with Crippen molar-refractivity contribution < 1.29 is 8.42 Å². The van der Waals surface area contributed by atoms with Crippen LogP contribution < -0.4 is 0 Å². The molecule has 0 spiro atoms. The third-order valence-electron chi connectivity index (χ3n) is 3.33. The first-order valence-electron chi connectivity index (χ1n) is 5.92. The molecule has 1 aromatic heterocycles. The molecule has 0 bridgehead atoms. The Morgan fingerprint density at radius 3 is 2.61 bits per heavy atom. The van der Waals surface area contributed by atoms with Crippen molar-refractivity contribution >= 4 is 21.6 Å². The van der Waals surface area contributed by atoms with E-state index >= 15 is 0 Å². The fourth-order valence-corrected chi connectivity index (χ4v) is 4.20. The molecule has 1 aromatic rings. The SMILES string of the molecule is CC1(C)CCCN1S(=O)(=O)c1ccc(CCl)cn1. The van der Waals surface area contributed by atoms with E-state index in [1.807, 2.05) is 13.8 Å². The van der Waals surface area contributed by atoms with E-state index < -0.39 is 10.0 Å². The molecule has 0 unspecified atom stereocenters. The first kappa shape index (κ1) is 13.8. The van der Waals surface area contributed by atoms with Crippen LogP contribution in [0.25, 0.3) is 0 Å². The Labute approximate surface area is 113 Å². The number of hydrogen-bond acceptors (Lipinski definition) is 3. The molecule has 0 radical (unpaired) electrons. The maximum atomic E-state index is 12.5. The van der Waals surface area contributed by atoms with Gasteiger partial charge < -0.3 is 0 Å². The highest BCUT2D eigenvalue weighted by Crippen LogP contribution is 2.33. The molecule has 0 amide bonds. The van der Waals surface area contributed by atoms with Crippen LogP contribution in [0, 0.1) is 0 Å². The van der Waals surface area contributed by atoms with Crippen molar-refractivity contribution in [3.63, 3.8) is 0 Å². The van der Waals surface area contributed by atoms with Gasteiger partial charge in [-0.2, -0.15) is 4.31 Å². The van der Waals surface area contributed by atoms with Crippen LogP contribution in [0.4, 0.5) is 0 Å². The number of rotatable bonds is 3. The average Bonchev–Trinajstić information content (AvgIpc) is 2.69. The molecule has 6 heteroatoms. The van der Waals surface area contributed by atoms with Gasteiger partial charge in [0, 0.05) is 24.2 Å². The first-order valence-corrected chi connectivity index (χ1v) is 7.89. The Morgan fingerprint density at radius 1 is 1.44 bits per heavy atom. The maximum Gasteiger partial charge on any atom is 0.261 e. The van der Waals surface area contributed by atoms with E-state index in [0.717, 1.165) is 18.4 Å². The van der Waals surface area contributed by atoms with Crippen molar-refractivity contribution in [2.45, 2.75) is 43.1 Å². The fourth-order valence-electron chi connectivity index (χ4n) is 2.28. The molecule has 1 aliphatic rings. The topological polar surface area (TPSA) is 50.3 Å². The Kier molecular flexibility index (Phi) is 3.67. The highest BCUT2D eigenvalue weighted by atomic mass is 35.5. The molecular formula is C12H17ClN2O2S. The molecular weight excluding hydrogens is 272 g/mol. The van der Waals surface area contributed by atoms with E-state index in [2.05, 4.69) is 4.98 Å². The van der Waals surface area contributed by atoms with Crippen molar-refractivity contribution in [2.75, 3.05) is 6.54 Å². The van der Waals surface area contributed by atoms with Crippen LogP contribution in [0.3, 0.4) is 0 Å². The number of pyridine rings is 1. The summed E-state index contributed by atoms with van der Waals surface area (Å²) in [5.41, 5.74) is 0.488. The fraction of sp³-hybridized carbons (Fsp3) is 0.583. The Balaban J connectivity index is 2.36. The number of halogens is 1. The quantitative estimate of drug-likeness (QED) is 0.803. The molecule has 1 saturated heterocycles. The minimum absolute atomic E-state index is 0.103. The largest absolute Gasteiger partial charge is 0.261 e. The molecule has 100 valence electrons. The van der Waals surface area contributed by atoms with Gasteiger partial charge >= 0.3 is 0 Å². The summed E-state index contributed by atoms with van der Waals surface area (Å²) >= 11 is 5.67. The predicted molar refractivity (Wildman–Crippen MR) is 71.0 cm³/mol. The zero-order valence-corrected chi connectivity index (χ0v) is 12.1. The smallest absolute Gasteiger partial charge is 0.243 e. The lowest BCUT2D eigenvalue weighted by atomic mass is 10.0. The van der Waals surface area contributed by atoms with Crippen LogP contribution in [0.15, 0.2) is 23.4 Å². The summed E-state index contributed by atoms with van der Waals surface area (Å²) in [6, 6.07) is 3.23. The van der Waals surface area contributed by atoms with Crippen molar-refractivity contribution in [1.82, 2.24) is 9.29 Å². The molecule has 0 aromatic carbocycles. The van der Waals surface area contributed by atoms with Gasteiger partial charge in [0.1, 0.15) is 0 Å². The average molecular weight is 289 g/mol. The van der Waals surface area contributed by atoms with E-state index in [0.29, 0.717) is 12.4 Å². The Hall–Kier alpha value is -0.650. The summed E-state index contributed by atoms with van der Waals surface area (Å²) in [6.45, 7) is 4.46. The summed E-state index contributed by atoms with van der Waals surface area (Å²) in [6.07, 6.45) is 3.29. The van der Waals surface area contributed by atoms with Crippen LogP contribution >= 0.6 is 11.6 Å². The van der Waals surface area contributed by atoms with Gasteiger partial charge in [-0.05, 0) is 38.3 Å².